The number of fused-ring (bicyclic) bond motifs is 2. The van der Waals surface area contributed by atoms with Crippen LogP contribution in [-0.4, -0.2) is 60.5 Å². The predicted molar refractivity (Wildman–Crippen MR) is 224 cm³/mol. The third-order valence-electron chi connectivity index (χ3n) is 11.4. The first kappa shape index (κ1) is 40.9. The van der Waals surface area contributed by atoms with Crippen molar-refractivity contribution in [3.8, 4) is 5.75 Å². The van der Waals surface area contributed by atoms with Gasteiger partial charge in [-0.05, 0) is 88.1 Å². The van der Waals surface area contributed by atoms with Crippen LogP contribution >= 0.6 is 0 Å². The summed E-state index contributed by atoms with van der Waals surface area (Å²) in [5.41, 5.74) is 8.46. The van der Waals surface area contributed by atoms with Gasteiger partial charge in [-0.1, -0.05) is 69.2 Å². The average Bonchev–Trinajstić information content (AvgIpc) is 3.54. The van der Waals surface area contributed by atoms with E-state index in [2.05, 4.69) is 122 Å². The van der Waals surface area contributed by atoms with Crippen LogP contribution < -0.4 is 15.0 Å². The van der Waals surface area contributed by atoms with Gasteiger partial charge in [0.15, 0.2) is 5.71 Å². The van der Waals surface area contributed by atoms with Gasteiger partial charge in [-0.3, -0.25) is 9.35 Å². The average molecular weight is 779 g/mol. The Hall–Kier alpha value is -4.77. The van der Waals surface area contributed by atoms with E-state index in [0.29, 0.717) is 37.4 Å². The number of para-hydroxylation sites is 2. The topological polar surface area (TPSA) is 119 Å². The zero-order valence-electron chi connectivity index (χ0n) is 33.3. The molecule has 1 atom stereocenters. The minimum atomic E-state index is -4.37. The molecule has 0 fully saturated rings. The van der Waals surface area contributed by atoms with Gasteiger partial charge in [-0.2, -0.15) is 13.0 Å². The zero-order chi connectivity index (χ0) is 40.1. The number of carbonyl (C=O) groups is 1. The van der Waals surface area contributed by atoms with Crippen LogP contribution in [0.4, 0.5) is 11.4 Å². The molecule has 56 heavy (non-hydrogen) atoms. The molecule has 0 saturated carbocycles. The van der Waals surface area contributed by atoms with Gasteiger partial charge in [0.25, 0.3) is 10.1 Å². The molecule has 3 aliphatic heterocycles. The van der Waals surface area contributed by atoms with E-state index in [0.717, 1.165) is 61.3 Å². The van der Waals surface area contributed by atoms with Crippen LogP contribution in [0.2, 0.25) is 0 Å². The van der Waals surface area contributed by atoms with Crippen molar-refractivity contribution in [1.29, 1.82) is 0 Å². The minimum absolute atomic E-state index is 0.106. The molecule has 0 amide bonds. The Morgan fingerprint density at radius 3 is 2.29 bits per heavy atom. The molecule has 3 heterocycles. The highest BCUT2D eigenvalue weighted by atomic mass is 32.2. The van der Waals surface area contributed by atoms with E-state index in [4.69, 9.17) is 4.74 Å². The fourth-order valence-electron chi connectivity index (χ4n) is 8.38. The van der Waals surface area contributed by atoms with Gasteiger partial charge < -0.3 is 20.1 Å². The molecule has 296 valence electrons. The molecule has 6 rings (SSSR count). The number of benzene rings is 3. The number of hydrogen-bond donors (Lipinski definition) is 3. The maximum absolute atomic E-state index is 11.8. The molecular formula is C46H56N3O6S+. The number of nitrogens with one attached hydrogen (secondary N) is 1. The predicted octanol–water partition coefficient (Wildman–Crippen LogP) is 9.25. The quantitative estimate of drug-likeness (QED) is 0.0973. The molecule has 3 aromatic carbocycles. The molecule has 0 saturated heterocycles. The summed E-state index contributed by atoms with van der Waals surface area (Å²) >= 11 is 0. The number of carboxylic acids is 1. The van der Waals surface area contributed by atoms with Gasteiger partial charge in [0.05, 0.1) is 10.3 Å². The van der Waals surface area contributed by atoms with Gasteiger partial charge in [0.2, 0.25) is 5.69 Å². The van der Waals surface area contributed by atoms with Gasteiger partial charge in [-0.25, -0.2) is 0 Å². The summed E-state index contributed by atoms with van der Waals surface area (Å²) in [6.45, 7) is 14.0. The first-order valence-corrected chi connectivity index (χ1v) is 21.4. The summed E-state index contributed by atoms with van der Waals surface area (Å²) in [6.07, 6.45) is 14.2. The Balaban J connectivity index is 1.47. The molecule has 0 bridgehead atoms. The highest BCUT2D eigenvalue weighted by Crippen LogP contribution is 2.51. The fraction of sp³-hybridized carbons (Fsp3) is 0.391. The smallest absolute Gasteiger partial charge is 0.303 e. The maximum atomic E-state index is 11.8. The second-order valence-electron chi connectivity index (χ2n) is 15.7. The number of hydrogen-bond acceptors (Lipinski definition) is 6. The highest BCUT2D eigenvalue weighted by Gasteiger charge is 2.44. The Bertz CT molecular complexity index is 2210. The molecule has 3 aromatic rings. The standard InChI is InChI=1S/C46H55N3O6S/c1-6-8-29-48-39-17-12-10-15-37(39)45(3,4)41(48)26-20-33-31-47-32-34(44(33)55-35-22-24-36(25-23-35)56(52,53)54)21-27-42-46(5,28-14-19-43(50)51)38-16-11-13-18-40(38)49(42)30-9-7-2/h10-13,15-18,20-27,47H,6-9,14,19,28-32H2,1-5H3,(H-,50,51,52,53,54)/p+1. The first-order valence-electron chi connectivity index (χ1n) is 19.9. The van der Waals surface area contributed by atoms with E-state index < -0.39 is 21.5 Å². The van der Waals surface area contributed by atoms with Crippen molar-refractivity contribution < 1.29 is 32.2 Å². The van der Waals surface area contributed by atoms with E-state index in [1.165, 1.54) is 34.7 Å². The Morgan fingerprint density at radius 2 is 1.59 bits per heavy atom. The van der Waals surface area contributed by atoms with E-state index in [1.54, 1.807) is 12.1 Å². The summed E-state index contributed by atoms with van der Waals surface area (Å²) in [5.74, 6) is 0.326. The third kappa shape index (κ3) is 8.48. The lowest BCUT2D eigenvalue weighted by molar-refractivity contribution is -0.438. The monoisotopic (exact) mass is 778 g/mol. The normalized spacial score (nSPS) is 20.7. The number of allylic oxidation sites excluding steroid dienone is 4. The number of unbranched alkanes of at least 4 members (excludes halogenated alkanes) is 2. The maximum Gasteiger partial charge on any atom is 0.303 e. The molecule has 0 aliphatic carbocycles. The molecule has 3 N–H and O–H groups in total. The summed E-state index contributed by atoms with van der Waals surface area (Å²) in [7, 11) is -4.37. The van der Waals surface area contributed by atoms with Crippen LogP contribution in [0.3, 0.4) is 0 Å². The summed E-state index contributed by atoms with van der Waals surface area (Å²) in [5, 5.41) is 13.1. The van der Waals surface area contributed by atoms with Crippen LogP contribution in [0.5, 0.6) is 5.75 Å². The second-order valence-corrected chi connectivity index (χ2v) is 17.1. The van der Waals surface area contributed by atoms with Gasteiger partial charge in [0, 0.05) is 78.1 Å². The van der Waals surface area contributed by atoms with Crippen LogP contribution in [-0.2, 0) is 25.7 Å². The lowest BCUT2D eigenvalue weighted by Crippen LogP contribution is -2.31. The summed E-state index contributed by atoms with van der Waals surface area (Å²) in [6, 6.07) is 22.9. The second kappa shape index (κ2) is 17.2. The SMILES string of the molecule is CCCCN1/C(=C/C=C2\CNCC(/C=C/C3=[N+](CCCC)c4ccccc4C3(C)C)=C2Oc2ccc(S(=O)(=O)O)cc2)C(C)(CCCC(=O)O)c2ccccc21. The van der Waals surface area contributed by atoms with Gasteiger partial charge in [0.1, 0.15) is 18.1 Å². The van der Waals surface area contributed by atoms with E-state index in [-0.39, 0.29) is 16.7 Å². The fourth-order valence-corrected chi connectivity index (χ4v) is 8.86. The van der Waals surface area contributed by atoms with Crippen molar-refractivity contribution >= 4 is 33.2 Å². The summed E-state index contributed by atoms with van der Waals surface area (Å²) < 4.78 is 42.5. The molecule has 0 aromatic heterocycles. The van der Waals surface area contributed by atoms with Gasteiger partial charge >= 0.3 is 5.97 Å². The number of aliphatic carboxylic acids is 1. The lowest BCUT2D eigenvalue weighted by Gasteiger charge is -2.31. The van der Waals surface area contributed by atoms with Gasteiger partial charge in [-0.15, -0.1) is 0 Å². The van der Waals surface area contributed by atoms with Crippen LogP contribution in [0.25, 0.3) is 0 Å². The lowest BCUT2D eigenvalue weighted by atomic mass is 9.77. The largest absolute Gasteiger partial charge is 0.481 e. The first-order chi connectivity index (χ1) is 26.8. The molecule has 1 unspecified atom stereocenters. The van der Waals surface area contributed by atoms with Crippen molar-refractivity contribution in [2.45, 2.75) is 95.3 Å². The Kier molecular flexibility index (Phi) is 12.5. The molecule has 0 radical (unpaired) electrons. The number of ether oxygens (including phenoxy) is 1. The molecular weight excluding hydrogens is 723 g/mol. The van der Waals surface area contributed by atoms with Crippen molar-refractivity contribution in [1.82, 2.24) is 5.32 Å². The molecule has 10 heteroatoms. The van der Waals surface area contributed by atoms with Crippen LogP contribution in [0.1, 0.15) is 90.7 Å². The Labute approximate surface area is 332 Å². The molecule has 0 spiro atoms. The number of nitrogens with zero attached hydrogens (tertiary/aromatic N) is 2. The summed E-state index contributed by atoms with van der Waals surface area (Å²) in [4.78, 5) is 13.8. The highest BCUT2D eigenvalue weighted by molar-refractivity contribution is 7.85. The van der Waals surface area contributed by atoms with Crippen LogP contribution in [0.15, 0.2) is 125 Å². The van der Waals surface area contributed by atoms with Crippen molar-refractivity contribution in [2.75, 3.05) is 31.1 Å². The van der Waals surface area contributed by atoms with E-state index in [1.807, 2.05) is 0 Å². The number of anilines is 1. The third-order valence-corrected chi connectivity index (χ3v) is 12.3. The number of carboxylic acid groups (broad SMARTS) is 1. The molecule has 9 nitrogen and oxygen atoms in total. The van der Waals surface area contributed by atoms with Crippen LogP contribution in [0, 0.1) is 0 Å². The molecule has 3 aliphatic rings. The minimum Gasteiger partial charge on any atom is -0.481 e. The number of rotatable bonds is 16. The Morgan fingerprint density at radius 1 is 0.893 bits per heavy atom. The van der Waals surface area contributed by atoms with E-state index in [9.17, 15) is 22.9 Å². The van der Waals surface area contributed by atoms with E-state index >= 15 is 0 Å². The van der Waals surface area contributed by atoms with Crippen molar-refractivity contribution in [3.63, 3.8) is 0 Å². The zero-order valence-corrected chi connectivity index (χ0v) is 34.2. The van der Waals surface area contributed by atoms with Crippen molar-refractivity contribution in [3.05, 3.63) is 131 Å². The van der Waals surface area contributed by atoms with Crippen molar-refractivity contribution in [2.24, 2.45) is 0 Å².